The molecule has 2 rings (SSSR count). The molecular weight excluding hydrogens is 235 g/mol. The van der Waals surface area contributed by atoms with E-state index in [2.05, 4.69) is 0 Å². The van der Waals surface area contributed by atoms with E-state index in [1.807, 2.05) is 19.9 Å². The van der Waals surface area contributed by atoms with Crippen molar-refractivity contribution >= 4 is 17.0 Å². The third kappa shape index (κ3) is 1.90. The minimum Gasteiger partial charge on any atom is -0.397 e. The van der Waals surface area contributed by atoms with Gasteiger partial charge in [-0.05, 0) is 31.5 Å². The van der Waals surface area contributed by atoms with Crippen molar-refractivity contribution in [3.8, 4) is 16.5 Å². The van der Waals surface area contributed by atoms with E-state index in [0.717, 1.165) is 16.0 Å². The molecule has 2 N–H and O–H groups in total. The van der Waals surface area contributed by atoms with E-state index in [9.17, 15) is 4.39 Å². The standard InChI is InChI=1S/C13H11FN2S/c1-7-3-4-10(14)9(5-7)13-8(2)12(16)11(6-15)17-13/h3-5H,16H2,1-2H3. The minimum atomic E-state index is -0.288. The van der Waals surface area contributed by atoms with Crippen LogP contribution < -0.4 is 5.73 Å². The van der Waals surface area contributed by atoms with Crippen LogP contribution in [-0.4, -0.2) is 0 Å². The summed E-state index contributed by atoms with van der Waals surface area (Å²) in [6.45, 7) is 3.71. The predicted octanol–water partition coefficient (Wildman–Crippen LogP) is 3.62. The molecule has 0 aliphatic heterocycles. The number of thiophene rings is 1. The number of nitrogens with zero attached hydrogens (tertiary/aromatic N) is 1. The molecule has 0 aliphatic carbocycles. The SMILES string of the molecule is Cc1ccc(F)c(-c2sc(C#N)c(N)c2C)c1. The zero-order valence-corrected chi connectivity index (χ0v) is 10.4. The highest BCUT2D eigenvalue weighted by atomic mass is 32.1. The lowest BCUT2D eigenvalue weighted by molar-refractivity contribution is 0.631. The molecule has 86 valence electrons. The molecule has 1 aromatic carbocycles. The lowest BCUT2D eigenvalue weighted by Gasteiger charge is -2.03. The molecule has 1 aromatic heterocycles. The number of benzene rings is 1. The quantitative estimate of drug-likeness (QED) is 0.835. The zero-order valence-electron chi connectivity index (χ0n) is 9.54. The molecule has 17 heavy (non-hydrogen) atoms. The van der Waals surface area contributed by atoms with Gasteiger partial charge in [0.25, 0.3) is 0 Å². The van der Waals surface area contributed by atoms with Crippen molar-refractivity contribution in [3.63, 3.8) is 0 Å². The van der Waals surface area contributed by atoms with E-state index in [0.29, 0.717) is 16.1 Å². The highest BCUT2D eigenvalue weighted by molar-refractivity contribution is 7.16. The van der Waals surface area contributed by atoms with Crippen LogP contribution in [0.3, 0.4) is 0 Å². The summed E-state index contributed by atoms with van der Waals surface area (Å²) in [6.07, 6.45) is 0. The number of rotatable bonds is 1. The van der Waals surface area contributed by atoms with Gasteiger partial charge in [0.05, 0.1) is 5.69 Å². The van der Waals surface area contributed by atoms with Crippen LogP contribution in [0, 0.1) is 31.0 Å². The van der Waals surface area contributed by atoms with Gasteiger partial charge in [-0.3, -0.25) is 0 Å². The van der Waals surface area contributed by atoms with Crippen molar-refractivity contribution in [1.82, 2.24) is 0 Å². The fourth-order valence-electron chi connectivity index (χ4n) is 1.68. The summed E-state index contributed by atoms with van der Waals surface area (Å²) in [6, 6.07) is 6.96. The molecule has 0 atom stereocenters. The van der Waals surface area contributed by atoms with Crippen molar-refractivity contribution in [1.29, 1.82) is 5.26 Å². The average molecular weight is 246 g/mol. The minimum absolute atomic E-state index is 0.288. The molecule has 0 radical (unpaired) electrons. The molecule has 0 spiro atoms. The molecule has 0 bridgehead atoms. The highest BCUT2D eigenvalue weighted by Gasteiger charge is 2.16. The molecular formula is C13H11FN2S. The molecule has 4 heteroatoms. The Morgan fingerprint density at radius 1 is 1.35 bits per heavy atom. The second-order valence-corrected chi connectivity index (χ2v) is 4.91. The molecule has 0 amide bonds. The van der Waals surface area contributed by atoms with Gasteiger partial charge in [-0.15, -0.1) is 11.3 Å². The number of nitrogens with two attached hydrogens (primary N) is 1. The molecule has 1 heterocycles. The van der Waals surface area contributed by atoms with Crippen LogP contribution >= 0.6 is 11.3 Å². The summed E-state index contributed by atoms with van der Waals surface area (Å²) >= 11 is 1.24. The lowest BCUT2D eigenvalue weighted by atomic mass is 10.1. The number of halogens is 1. The van der Waals surface area contributed by atoms with Gasteiger partial charge in [-0.25, -0.2) is 4.39 Å². The van der Waals surface area contributed by atoms with Crippen LogP contribution in [0.25, 0.3) is 10.4 Å². The normalized spacial score (nSPS) is 10.2. The molecule has 0 aliphatic rings. The highest BCUT2D eigenvalue weighted by Crippen LogP contribution is 2.38. The Kier molecular flexibility index (Phi) is 2.86. The number of anilines is 1. The van der Waals surface area contributed by atoms with Gasteiger partial charge in [0.2, 0.25) is 0 Å². The van der Waals surface area contributed by atoms with Gasteiger partial charge in [0, 0.05) is 10.4 Å². The molecule has 0 saturated heterocycles. The second kappa shape index (κ2) is 4.19. The number of nitriles is 1. The third-order valence-corrected chi connectivity index (χ3v) is 3.91. The van der Waals surface area contributed by atoms with Gasteiger partial charge in [0.1, 0.15) is 16.8 Å². The largest absolute Gasteiger partial charge is 0.397 e. The van der Waals surface area contributed by atoms with Gasteiger partial charge >= 0.3 is 0 Å². The topological polar surface area (TPSA) is 49.8 Å². The van der Waals surface area contributed by atoms with Crippen molar-refractivity contribution in [2.75, 3.05) is 5.73 Å². The molecule has 2 aromatic rings. The van der Waals surface area contributed by atoms with E-state index in [1.165, 1.54) is 17.4 Å². The lowest BCUT2D eigenvalue weighted by Crippen LogP contribution is -1.89. The Balaban J connectivity index is 2.69. The summed E-state index contributed by atoms with van der Waals surface area (Å²) in [7, 11) is 0. The van der Waals surface area contributed by atoms with Crippen LogP contribution in [0.5, 0.6) is 0 Å². The molecule has 2 nitrogen and oxygen atoms in total. The molecule has 0 unspecified atom stereocenters. The van der Waals surface area contributed by atoms with Crippen molar-refractivity contribution in [3.05, 3.63) is 40.0 Å². The van der Waals surface area contributed by atoms with Gasteiger partial charge in [-0.2, -0.15) is 5.26 Å². The number of hydrogen-bond donors (Lipinski definition) is 1. The Morgan fingerprint density at radius 3 is 2.65 bits per heavy atom. The first-order valence-corrected chi connectivity index (χ1v) is 5.91. The van der Waals surface area contributed by atoms with Gasteiger partial charge in [-0.1, -0.05) is 11.6 Å². The first-order valence-electron chi connectivity index (χ1n) is 5.10. The van der Waals surface area contributed by atoms with Gasteiger partial charge in [0.15, 0.2) is 0 Å². The Hall–Kier alpha value is -1.86. The Bertz CT molecular complexity index is 623. The summed E-state index contributed by atoms with van der Waals surface area (Å²) < 4.78 is 13.8. The first-order chi connectivity index (χ1) is 8.04. The van der Waals surface area contributed by atoms with Gasteiger partial charge < -0.3 is 5.73 Å². The number of aryl methyl sites for hydroxylation is 1. The summed E-state index contributed by atoms with van der Waals surface area (Å²) in [5, 5.41) is 8.91. The summed E-state index contributed by atoms with van der Waals surface area (Å²) in [4.78, 5) is 1.18. The third-order valence-electron chi connectivity index (χ3n) is 2.66. The zero-order chi connectivity index (χ0) is 12.6. The monoisotopic (exact) mass is 246 g/mol. The maximum atomic E-state index is 13.8. The molecule has 0 fully saturated rings. The fourth-order valence-corrected chi connectivity index (χ4v) is 2.72. The maximum Gasteiger partial charge on any atom is 0.131 e. The maximum absolute atomic E-state index is 13.8. The molecule has 0 saturated carbocycles. The summed E-state index contributed by atoms with van der Waals surface area (Å²) in [5.74, 6) is -0.288. The Labute approximate surface area is 103 Å². The van der Waals surface area contributed by atoms with Crippen LogP contribution in [0.4, 0.5) is 10.1 Å². The smallest absolute Gasteiger partial charge is 0.131 e. The van der Waals surface area contributed by atoms with E-state index >= 15 is 0 Å². The first kappa shape index (κ1) is 11.6. The van der Waals surface area contributed by atoms with Crippen LogP contribution in [0.15, 0.2) is 18.2 Å². The van der Waals surface area contributed by atoms with E-state index in [4.69, 9.17) is 11.0 Å². The van der Waals surface area contributed by atoms with Crippen LogP contribution in [-0.2, 0) is 0 Å². The number of hydrogen-bond acceptors (Lipinski definition) is 3. The van der Waals surface area contributed by atoms with Crippen molar-refractivity contribution < 1.29 is 4.39 Å². The number of nitrogen functional groups attached to an aromatic ring is 1. The second-order valence-electron chi connectivity index (χ2n) is 3.89. The van der Waals surface area contributed by atoms with Crippen molar-refractivity contribution in [2.24, 2.45) is 0 Å². The van der Waals surface area contributed by atoms with E-state index < -0.39 is 0 Å². The van der Waals surface area contributed by atoms with E-state index in [-0.39, 0.29) is 5.82 Å². The van der Waals surface area contributed by atoms with Crippen LogP contribution in [0.1, 0.15) is 16.0 Å². The Morgan fingerprint density at radius 2 is 2.06 bits per heavy atom. The predicted molar refractivity (Wildman–Crippen MR) is 68.3 cm³/mol. The van der Waals surface area contributed by atoms with Crippen LogP contribution in [0.2, 0.25) is 0 Å². The fraction of sp³-hybridized carbons (Fsp3) is 0.154. The summed E-state index contributed by atoms with van der Waals surface area (Å²) in [5.41, 5.74) is 8.52. The van der Waals surface area contributed by atoms with Crippen molar-refractivity contribution in [2.45, 2.75) is 13.8 Å². The average Bonchev–Trinajstić information content (AvgIpc) is 2.59. The van der Waals surface area contributed by atoms with E-state index in [1.54, 1.807) is 12.1 Å².